The molecule has 1 N–H and O–H groups in total. The summed E-state index contributed by atoms with van der Waals surface area (Å²) in [6.45, 7) is 5.62. The van der Waals surface area contributed by atoms with Crippen LogP contribution in [0.5, 0.6) is 0 Å². The molecular weight excluding hydrogens is 236 g/mol. The summed E-state index contributed by atoms with van der Waals surface area (Å²) in [6.07, 6.45) is 0. The zero-order valence-corrected chi connectivity index (χ0v) is 10.6. The van der Waals surface area contributed by atoms with Gasteiger partial charge >= 0.3 is 0 Å². The molecule has 0 saturated carbocycles. The van der Waals surface area contributed by atoms with Crippen molar-refractivity contribution in [2.45, 2.75) is 20.8 Å². The molecule has 1 amide bonds. The van der Waals surface area contributed by atoms with E-state index in [2.05, 4.69) is 5.32 Å². The number of ether oxygens (including phenoxy) is 1. The summed E-state index contributed by atoms with van der Waals surface area (Å²) < 4.78 is 4.96. The van der Waals surface area contributed by atoms with Crippen molar-refractivity contribution in [3.05, 3.63) is 33.4 Å². The smallest absolute Gasteiger partial charge is 0.274 e. The van der Waals surface area contributed by atoms with Crippen LogP contribution >= 0.6 is 0 Å². The van der Waals surface area contributed by atoms with E-state index in [1.165, 1.54) is 6.07 Å². The van der Waals surface area contributed by atoms with Crippen molar-refractivity contribution < 1.29 is 14.5 Å². The standard InChI is InChI=1S/C12H16N2O4/c1-4-18-7-12(15)13-10-6-11(14(16)17)9(3)5-8(10)2/h5-6H,4,7H2,1-3H3,(H,13,15). The van der Waals surface area contributed by atoms with Crippen LogP contribution in [0.2, 0.25) is 0 Å². The van der Waals surface area contributed by atoms with Gasteiger partial charge in [0.15, 0.2) is 0 Å². The van der Waals surface area contributed by atoms with Gasteiger partial charge in [0.05, 0.1) is 10.6 Å². The average Bonchev–Trinajstić information content (AvgIpc) is 2.29. The molecule has 6 nitrogen and oxygen atoms in total. The number of aryl methyl sites for hydroxylation is 2. The first-order valence-electron chi connectivity index (χ1n) is 5.59. The zero-order valence-electron chi connectivity index (χ0n) is 10.6. The molecule has 0 aliphatic carbocycles. The Morgan fingerprint density at radius 1 is 1.39 bits per heavy atom. The molecule has 18 heavy (non-hydrogen) atoms. The fourth-order valence-electron chi connectivity index (χ4n) is 1.55. The second-order valence-electron chi connectivity index (χ2n) is 3.90. The van der Waals surface area contributed by atoms with Crippen LogP contribution in [0.25, 0.3) is 0 Å². The number of carbonyl (C=O) groups excluding carboxylic acids is 1. The SMILES string of the molecule is CCOCC(=O)Nc1cc([N+](=O)[O-])c(C)cc1C. The second kappa shape index (κ2) is 6.11. The van der Waals surface area contributed by atoms with Gasteiger partial charge in [-0.3, -0.25) is 14.9 Å². The molecule has 0 radical (unpaired) electrons. The molecule has 1 aromatic rings. The molecule has 0 bridgehead atoms. The van der Waals surface area contributed by atoms with E-state index in [0.717, 1.165) is 5.56 Å². The number of nitrogens with zero attached hydrogens (tertiary/aromatic N) is 1. The molecule has 0 spiro atoms. The van der Waals surface area contributed by atoms with Gasteiger partial charge in [-0.1, -0.05) is 0 Å². The number of anilines is 1. The van der Waals surface area contributed by atoms with Crippen molar-refractivity contribution in [2.24, 2.45) is 0 Å². The van der Waals surface area contributed by atoms with Crippen LogP contribution in [0.4, 0.5) is 11.4 Å². The molecule has 98 valence electrons. The van der Waals surface area contributed by atoms with Crippen molar-refractivity contribution >= 4 is 17.3 Å². The summed E-state index contributed by atoms with van der Waals surface area (Å²) in [5.41, 5.74) is 1.78. The highest BCUT2D eigenvalue weighted by atomic mass is 16.6. The number of nitrogens with one attached hydrogen (secondary N) is 1. The van der Waals surface area contributed by atoms with E-state index < -0.39 is 4.92 Å². The van der Waals surface area contributed by atoms with Gasteiger partial charge in [-0.2, -0.15) is 0 Å². The van der Waals surface area contributed by atoms with Gasteiger partial charge < -0.3 is 10.1 Å². The van der Waals surface area contributed by atoms with E-state index >= 15 is 0 Å². The van der Waals surface area contributed by atoms with E-state index in [0.29, 0.717) is 17.9 Å². The molecule has 1 aromatic carbocycles. The van der Waals surface area contributed by atoms with Crippen molar-refractivity contribution in [3.8, 4) is 0 Å². The maximum Gasteiger partial charge on any atom is 0.274 e. The summed E-state index contributed by atoms with van der Waals surface area (Å²) >= 11 is 0. The Balaban J connectivity index is 2.92. The number of rotatable bonds is 5. The number of amides is 1. The monoisotopic (exact) mass is 252 g/mol. The molecule has 0 atom stereocenters. The lowest BCUT2D eigenvalue weighted by Gasteiger charge is -2.09. The minimum atomic E-state index is -0.465. The number of nitro groups is 1. The summed E-state index contributed by atoms with van der Waals surface area (Å²) in [4.78, 5) is 21.8. The van der Waals surface area contributed by atoms with E-state index in [-0.39, 0.29) is 18.2 Å². The minimum Gasteiger partial charge on any atom is -0.372 e. The van der Waals surface area contributed by atoms with Gasteiger partial charge in [-0.25, -0.2) is 0 Å². The van der Waals surface area contributed by atoms with E-state index in [1.54, 1.807) is 26.8 Å². The third-order valence-electron chi connectivity index (χ3n) is 2.45. The van der Waals surface area contributed by atoms with Crippen LogP contribution in [0.15, 0.2) is 12.1 Å². The first kappa shape index (κ1) is 14.1. The maximum absolute atomic E-state index is 11.5. The van der Waals surface area contributed by atoms with Gasteiger partial charge in [0, 0.05) is 18.2 Å². The van der Waals surface area contributed by atoms with Crippen LogP contribution in [0.3, 0.4) is 0 Å². The van der Waals surface area contributed by atoms with Crippen LogP contribution in [0, 0.1) is 24.0 Å². The normalized spacial score (nSPS) is 10.2. The molecule has 0 aromatic heterocycles. The Hall–Kier alpha value is -1.95. The lowest BCUT2D eigenvalue weighted by molar-refractivity contribution is -0.385. The molecule has 0 saturated heterocycles. The minimum absolute atomic E-state index is 0.00712. The highest BCUT2D eigenvalue weighted by Crippen LogP contribution is 2.26. The number of carbonyl (C=O) groups is 1. The molecule has 0 fully saturated rings. The zero-order chi connectivity index (χ0) is 13.7. The quantitative estimate of drug-likeness (QED) is 0.643. The van der Waals surface area contributed by atoms with Crippen molar-refractivity contribution in [3.63, 3.8) is 0 Å². The van der Waals surface area contributed by atoms with Crippen molar-refractivity contribution in [1.29, 1.82) is 0 Å². The number of hydrogen-bond donors (Lipinski definition) is 1. The van der Waals surface area contributed by atoms with Gasteiger partial charge in [0.25, 0.3) is 5.69 Å². The molecular formula is C12H16N2O4. The fourth-order valence-corrected chi connectivity index (χ4v) is 1.55. The van der Waals surface area contributed by atoms with Crippen molar-refractivity contribution in [1.82, 2.24) is 0 Å². The van der Waals surface area contributed by atoms with Crippen molar-refractivity contribution in [2.75, 3.05) is 18.5 Å². The molecule has 0 unspecified atom stereocenters. The fraction of sp³-hybridized carbons (Fsp3) is 0.417. The van der Waals surface area contributed by atoms with Crippen LogP contribution < -0.4 is 5.32 Å². The van der Waals surface area contributed by atoms with Gasteiger partial charge in [0.2, 0.25) is 5.91 Å². The van der Waals surface area contributed by atoms with Crippen LogP contribution in [0.1, 0.15) is 18.1 Å². The van der Waals surface area contributed by atoms with Gasteiger partial charge in [-0.05, 0) is 32.4 Å². The highest BCUT2D eigenvalue weighted by molar-refractivity contribution is 5.92. The van der Waals surface area contributed by atoms with E-state index in [9.17, 15) is 14.9 Å². The maximum atomic E-state index is 11.5. The lowest BCUT2D eigenvalue weighted by Crippen LogP contribution is -2.19. The van der Waals surface area contributed by atoms with Crippen LogP contribution in [-0.2, 0) is 9.53 Å². The third kappa shape index (κ3) is 3.53. The molecule has 0 aliphatic heterocycles. The van der Waals surface area contributed by atoms with Crippen LogP contribution in [-0.4, -0.2) is 24.0 Å². The Morgan fingerprint density at radius 2 is 2.06 bits per heavy atom. The Bertz CT molecular complexity index is 471. The van der Waals surface area contributed by atoms with E-state index in [4.69, 9.17) is 4.74 Å². The number of hydrogen-bond acceptors (Lipinski definition) is 4. The summed E-state index contributed by atoms with van der Waals surface area (Å²) in [7, 11) is 0. The summed E-state index contributed by atoms with van der Waals surface area (Å²) in [6, 6.07) is 3.04. The second-order valence-corrected chi connectivity index (χ2v) is 3.90. The number of nitro benzene ring substituents is 1. The Kier molecular flexibility index (Phi) is 4.79. The first-order chi connectivity index (χ1) is 8.45. The molecule has 0 aliphatic rings. The van der Waals surface area contributed by atoms with E-state index in [1.807, 2.05) is 0 Å². The average molecular weight is 252 g/mol. The third-order valence-corrected chi connectivity index (χ3v) is 2.45. The predicted octanol–water partition coefficient (Wildman–Crippen LogP) is 2.19. The summed E-state index contributed by atoms with van der Waals surface area (Å²) in [5, 5.41) is 13.4. The summed E-state index contributed by atoms with van der Waals surface area (Å²) in [5.74, 6) is -0.321. The topological polar surface area (TPSA) is 81.5 Å². The number of benzene rings is 1. The predicted molar refractivity (Wildman–Crippen MR) is 67.7 cm³/mol. The van der Waals surface area contributed by atoms with Gasteiger partial charge in [0.1, 0.15) is 6.61 Å². The molecule has 0 heterocycles. The molecule has 1 rings (SSSR count). The molecule has 6 heteroatoms. The van der Waals surface area contributed by atoms with Gasteiger partial charge in [-0.15, -0.1) is 0 Å². The first-order valence-corrected chi connectivity index (χ1v) is 5.59. The Labute approximate surface area is 105 Å². The largest absolute Gasteiger partial charge is 0.372 e. The lowest BCUT2D eigenvalue weighted by atomic mass is 10.1. The Morgan fingerprint density at radius 3 is 2.61 bits per heavy atom. The highest BCUT2D eigenvalue weighted by Gasteiger charge is 2.14.